The summed E-state index contributed by atoms with van der Waals surface area (Å²) in [5.74, 6) is -1.01. The van der Waals surface area contributed by atoms with Gasteiger partial charge in [0.25, 0.3) is 0 Å². The summed E-state index contributed by atoms with van der Waals surface area (Å²) in [5, 5.41) is 11.6. The Morgan fingerprint density at radius 3 is 2.33 bits per heavy atom. The number of hydrogen-bond donors (Lipinski definition) is 2. The predicted molar refractivity (Wildman–Crippen MR) is 81.3 cm³/mol. The largest absolute Gasteiger partial charge is 0.481 e. The number of hydrogen-bond acceptors (Lipinski definition) is 2. The van der Waals surface area contributed by atoms with E-state index in [9.17, 15) is 9.59 Å². The van der Waals surface area contributed by atoms with Gasteiger partial charge in [-0.1, -0.05) is 42.0 Å². The second-order valence-electron chi connectivity index (χ2n) is 4.98. The van der Waals surface area contributed by atoms with Crippen LogP contribution >= 0.6 is 0 Å². The van der Waals surface area contributed by atoms with Gasteiger partial charge in [0.15, 0.2) is 0 Å². The summed E-state index contributed by atoms with van der Waals surface area (Å²) in [6.07, 6.45) is 0.242. The van der Waals surface area contributed by atoms with Crippen LogP contribution in [0.4, 0.5) is 5.69 Å². The van der Waals surface area contributed by atoms with Crippen molar-refractivity contribution < 1.29 is 14.7 Å². The zero-order valence-electron chi connectivity index (χ0n) is 11.8. The number of nitrogens with one attached hydrogen (secondary N) is 1. The number of rotatable bonds is 5. The van der Waals surface area contributed by atoms with Gasteiger partial charge in [-0.15, -0.1) is 0 Å². The normalized spacial score (nSPS) is 10.1. The van der Waals surface area contributed by atoms with Crippen LogP contribution in [0.3, 0.4) is 0 Å². The van der Waals surface area contributed by atoms with Crippen molar-refractivity contribution in [2.24, 2.45) is 0 Å². The number of carboxylic acid groups (broad SMARTS) is 1. The molecule has 108 valence electrons. The fraction of sp³-hybridized carbons (Fsp3) is 0.176. The molecule has 2 rings (SSSR count). The van der Waals surface area contributed by atoms with E-state index in [0.29, 0.717) is 17.7 Å². The lowest BCUT2D eigenvalue weighted by atomic mass is 10.1. The zero-order chi connectivity index (χ0) is 15.2. The van der Waals surface area contributed by atoms with Crippen LogP contribution < -0.4 is 5.32 Å². The van der Waals surface area contributed by atoms with Gasteiger partial charge < -0.3 is 10.4 Å². The van der Waals surface area contributed by atoms with E-state index in [2.05, 4.69) is 5.32 Å². The first kappa shape index (κ1) is 14.8. The maximum absolute atomic E-state index is 12.0. The smallest absolute Gasteiger partial charge is 0.307 e. The summed E-state index contributed by atoms with van der Waals surface area (Å²) >= 11 is 0. The summed E-state index contributed by atoms with van der Waals surface area (Å²) in [4.78, 5) is 22.7. The number of aryl methyl sites for hydroxylation is 1. The molecule has 4 heteroatoms. The fourth-order valence-corrected chi connectivity index (χ4v) is 2.15. The van der Waals surface area contributed by atoms with Crippen LogP contribution in [0.15, 0.2) is 48.5 Å². The molecule has 0 atom stereocenters. The molecule has 0 aliphatic carbocycles. The Morgan fingerprint density at radius 1 is 1.00 bits per heavy atom. The van der Waals surface area contributed by atoms with Crippen LogP contribution in [0.1, 0.15) is 16.7 Å². The van der Waals surface area contributed by atoms with E-state index in [1.54, 1.807) is 24.3 Å². The molecular formula is C17H17NO3. The lowest BCUT2D eigenvalue weighted by Gasteiger charge is -2.07. The molecule has 2 N–H and O–H groups in total. The Labute approximate surface area is 123 Å². The van der Waals surface area contributed by atoms with Crippen molar-refractivity contribution in [1.82, 2.24) is 0 Å². The minimum atomic E-state index is -0.891. The van der Waals surface area contributed by atoms with Crippen molar-refractivity contribution in [3.8, 4) is 0 Å². The highest BCUT2D eigenvalue weighted by atomic mass is 16.4. The number of aliphatic carboxylic acids is 1. The fourth-order valence-electron chi connectivity index (χ4n) is 2.15. The van der Waals surface area contributed by atoms with Crippen LogP contribution in [0.25, 0.3) is 0 Å². The molecule has 0 unspecified atom stereocenters. The van der Waals surface area contributed by atoms with Gasteiger partial charge in [-0.3, -0.25) is 9.59 Å². The number of carbonyl (C=O) groups excluding carboxylic acids is 1. The van der Waals surface area contributed by atoms with E-state index in [4.69, 9.17) is 5.11 Å². The molecule has 0 saturated heterocycles. The summed E-state index contributed by atoms with van der Waals surface area (Å²) in [5.41, 5.74) is 3.35. The van der Waals surface area contributed by atoms with Gasteiger partial charge >= 0.3 is 5.97 Å². The topological polar surface area (TPSA) is 66.4 Å². The SMILES string of the molecule is Cc1cccc(CC(=O)Nc2cccc(CC(=O)O)c2)c1. The van der Waals surface area contributed by atoms with Crippen molar-refractivity contribution in [3.63, 3.8) is 0 Å². The van der Waals surface area contributed by atoms with Crippen LogP contribution in [-0.2, 0) is 22.4 Å². The Bertz CT molecular complexity index is 665. The first-order valence-electron chi connectivity index (χ1n) is 6.69. The molecule has 2 aromatic rings. The van der Waals surface area contributed by atoms with Gasteiger partial charge in [-0.05, 0) is 30.2 Å². The zero-order valence-corrected chi connectivity index (χ0v) is 11.8. The Kier molecular flexibility index (Phi) is 4.72. The first-order chi connectivity index (χ1) is 10.0. The summed E-state index contributed by atoms with van der Waals surface area (Å²) in [7, 11) is 0. The summed E-state index contributed by atoms with van der Waals surface area (Å²) < 4.78 is 0. The Balaban J connectivity index is 2.01. The quantitative estimate of drug-likeness (QED) is 0.886. The number of amides is 1. The minimum absolute atomic E-state index is 0.0540. The van der Waals surface area contributed by atoms with E-state index in [1.807, 2.05) is 31.2 Å². The molecule has 0 aliphatic heterocycles. The first-order valence-corrected chi connectivity index (χ1v) is 6.69. The van der Waals surface area contributed by atoms with Gasteiger partial charge in [0, 0.05) is 5.69 Å². The van der Waals surface area contributed by atoms with E-state index < -0.39 is 5.97 Å². The van der Waals surface area contributed by atoms with Crippen molar-refractivity contribution in [3.05, 3.63) is 65.2 Å². The van der Waals surface area contributed by atoms with E-state index >= 15 is 0 Å². The molecular weight excluding hydrogens is 266 g/mol. The molecule has 1 amide bonds. The summed E-state index contributed by atoms with van der Waals surface area (Å²) in [6, 6.07) is 14.7. The van der Waals surface area contributed by atoms with Gasteiger partial charge in [0.2, 0.25) is 5.91 Å². The van der Waals surface area contributed by atoms with E-state index in [0.717, 1.165) is 11.1 Å². The monoisotopic (exact) mass is 283 g/mol. The number of carboxylic acids is 1. The molecule has 0 bridgehead atoms. The molecule has 2 aromatic carbocycles. The van der Waals surface area contributed by atoms with Crippen LogP contribution in [-0.4, -0.2) is 17.0 Å². The third kappa shape index (κ3) is 4.76. The molecule has 21 heavy (non-hydrogen) atoms. The predicted octanol–water partition coefficient (Wildman–Crippen LogP) is 2.80. The van der Waals surface area contributed by atoms with Crippen molar-refractivity contribution in [1.29, 1.82) is 0 Å². The molecule has 0 saturated carbocycles. The highest BCUT2D eigenvalue weighted by Crippen LogP contribution is 2.12. The second kappa shape index (κ2) is 6.70. The lowest BCUT2D eigenvalue weighted by molar-refractivity contribution is -0.136. The average Bonchev–Trinajstić information content (AvgIpc) is 2.37. The van der Waals surface area contributed by atoms with Gasteiger partial charge in [0.1, 0.15) is 0 Å². The van der Waals surface area contributed by atoms with E-state index in [1.165, 1.54) is 0 Å². The maximum atomic E-state index is 12.0. The highest BCUT2D eigenvalue weighted by molar-refractivity contribution is 5.92. The maximum Gasteiger partial charge on any atom is 0.307 e. The van der Waals surface area contributed by atoms with Gasteiger partial charge in [-0.2, -0.15) is 0 Å². The second-order valence-corrected chi connectivity index (χ2v) is 4.98. The lowest BCUT2D eigenvalue weighted by Crippen LogP contribution is -2.14. The van der Waals surface area contributed by atoms with Crippen molar-refractivity contribution >= 4 is 17.6 Å². The number of benzene rings is 2. The van der Waals surface area contributed by atoms with Crippen LogP contribution in [0.5, 0.6) is 0 Å². The Morgan fingerprint density at radius 2 is 1.67 bits per heavy atom. The molecule has 0 heterocycles. The molecule has 0 spiro atoms. The molecule has 4 nitrogen and oxygen atoms in total. The molecule has 0 aliphatic rings. The van der Waals surface area contributed by atoms with Crippen LogP contribution in [0.2, 0.25) is 0 Å². The van der Waals surface area contributed by atoms with E-state index in [-0.39, 0.29) is 12.3 Å². The summed E-state index contributed by atoms with van der Waals surface area (Å²) in [6.45, 7) is 1.98. The highest BCUT2D eigenvalue weighted by Gasteiger charge is 2.06. The van der Waals surface area contributed by atoms with Crippen molar-refractivity contribution in [2.45, 2.75) is 19.8 Å². The van der Waals surface area contributed by atoms with Gasteiger partial charge in [-0.25, -0.2) is 0 Å². The molecule has 0 fully saturated rings. The van der Waals surface area contributed by atoms with Gasteiger partial charge in [0.05, 0.1) is 12.8 Å². The number of anilines is 1. The standard InChI is InChI=1S/C17H17NO3/c1-12-4-2-5-13(8-12)10-16(19)18-15-7-3-6-14(9-15)11-17(20)21/h2-9H,10-11H2,1H3,(H,18,19)(H,20,21). The molecule has 0 aromatic heterocycles. The number of carbonyl (C=O) groups is 2. The third-order valence-corrected chi connectivity index (χ3v) is 3.01. The van der Waals surface area contributed by atoms with Crippen molar-refractivity contribution in [2.75, 3.05) is 5.32 Å². The average molecular weight is 283 g/mol. The van der Waals surface area contributed by atoms with Crippen LogP contribution in [0, 0.1) is 6.92 Å². The molecule has 0 radical (unpaired) electrons. The minimum Gasteiger partial charge on any atom is -0.481 e. The third-order valence-electron chi connectivity index (χ3n) is 3.01. The Hall–Kier alpha value is -2.62.